The molecule has 0 radical (unpaired) electrons. The largest absolute Gasteiger partial charge is 0.487 e. The third-order valence-electron chi connectivity index (χ3n) is 2.05. The first-order chi connectivity index (χ1) is 7.63. The summed E-state index contributed by atoms with van der Waals surface area (Å²) in [5.41, 5.74) is 7.26. The highest BCUT2D eigenvalue weighted by Crippen LogP contribution is 2.23. The monoisotopic (exact) mass is 281 g/mol. The van der Waals surface area contributed by atoms with Crippen LogP contribution in [-0.4, -0.2) is 9.78 Å². The Morgan fingerprint density at radius 3 is 2.88 bits per heavy atom. The van der Waals surface area contributed by atoms with Crippen LogP contribution in [0.1, 0.15) is 5.69 Å². The smallest absolute Gasteiger partial charge is 0.132 e. The molecule has 0 saturated heterocycles. The fraction of sp³-hybridized carbons (Fsp3) is 0.182. The third kappa shape index (κ3) is 2.76. The van der Waals surface area contributed by atoms with Crippen LogP contribution in [0.5, 0.6) is 5.75 Å². The Kier molecular flexibility index (Phi) is 3.14. The van der Waals surface area contributed by atoms with Gasteiger partial charge in [-0.1, -0.05) is 15.9 Å². The Morgan fingerprint density at radius 1 is 1.44 bits per heavy atom. The number of aromatic nitrogens is 2. The van der Waals surface area contributed by atoms with E-state index < -0.39 is 0 Å². The molecule has 2 N–H and O–H groups in total. The van der Waals surface area contributed by atoms with Gasteiger partial charge in [0.05, 0.1) is 5.69 Å². The minimum Gasteiger partial charge on any atom is -0.487 e. The van der Waals surface area contributed by atoms with Crippen molar-refractivity contribution in [2.24, 2.45) is 7.05 Å². The van der Waals surface area contributed by atoms with Crippen LogP contribution in [0.4, 0.5) is 5.69 Å². The lowest BCUT2D eigenvalue weighted by atomic mass is 10.3. The van der Waals surface area contributed by atoms with Gasteiger partial charge in [-0.2, -0.15) is 5.10 Å². The number of aryl methyl sites for hydroxylation is 1. The minimum absolute atomic E-state index is 0.441. The topological polar surface area (TPSA) is 53.1 Å². The lowest BCUT2D eigenvalue weighted by molar-refractivity contribution is 0.300. The van der Waals surface area contributed by atoms with Crippen LogP contribution >= 0.6 is 15.9 Å². The number of anilines is 1. The molecule has 5 heteroatoms. The second kappa shape index (κ2) is 4.57. The van der Waals surface area contributed by atoms with Crippen molar-refractivity contribution in [1.82, 2.24) is 9.78 Å². The molecule has 0 aliphatic rings. The van der Waals surface area contributed by atoms with Gasteiger partial charge in [0.25, 0.3) is 0 Å². The summed E-state index contributed by atoms with van der Waals surface area (Å²) in [6, 6.07) is 7.40. The van der Waals surface area contributed by atoms with Gasteiger partial charge in [-0.15, -0.1) is 0 Å². The average Bonchev–Trinajstić information content (AvgIpc) is 2.60. The summed E-state index contributed by atoms with van der Waals surface area (Å²) in [4.78, 5) is 0. The van der Waals surface area contributed by atoms with Gasteiger partial charge in [-0.3, -0.25) is 4.68 Å². The molecule has 0 fully saturated rings. The van der Waals surface area contributed by atoms with E-state index in [-0.39, 0.29) is 0 Å². The average molecular weight is 282 g/mol. The van der Waals surface area contributed by atoms with Crippen LogP contribution in [0, 0.1) is 0 Å². The van der Waals surface area contributed by atoms with Gasteiger partial charge in [0.15, 0.2) is 0 Å². The summed E-state index contributed by atoms with van der Waals surface area (Å²) in [6.07, 6.45) is 1.88. The third-order valence-corrected chi connectivity index (χ3v) is 2.51. The number of ether oxygens (including phenoxy) is 1. The van der Waals surface area contributed by atoms with E-state index in [0.717, 1.165) is 15.9 Å². The molecule has 84 valence electrons. The van der Waals surface area contributed by atoms with Crippen LogP contribution in [-0.2, 0) is 13.7 Å². The second-order valence-electron chi connectivity index (χ2n) is 3.49. The fourth-order valence-electron chi connectivity index (χ4n) is 1.37. The van der Waals surface area contributed by atoms with E-state index >= 15 is 0 Å². The summed E-state index contributed by atoms with van der Waals surface area (Å²) in [5, 5.41) is 4.22. The number of hydrogen-bond donors (Lipinski definition) is 1. The predicted molar refractivity (Wildman–Crippen MR) is 66.1 cm³/mol. The van der Waals surface area contributed by atoms with Crippen LogP contribution < -0.4 is 10.5 Å². The highest BCUT2D eigenvalue weighted by molar-refractivity contribution is 9.10. The zero-order valence-electron chi connectivity index (χ0n) is 8.85. The number of nitrogens with two attached hydrogens (primary N) is 1. The van der Waals surface area contributed by atoms with Gasteiger partial charge in [-0.05, 0) is 18.2 Å². The fourth-order valence-corrected chi connectivity index (χ4v) is 1.86. The molecular formula is C11H12BrN3O. The van der Waals surface area contributed by atoms with Gasteiger partial charge in [0.2, 0.25) is 0 Å². The maximum absolute atomic E-state index is 5.70. The lowest BCUT2D eigenvalue weighted by Gasteiger charge is -2.05. The summed E-state index contributed by atoms with van der Waals surface area (Å²) < 4.78 is 8.23. The van der Waals surface area contributed by atoms with E-state index in [4.69, 9.17) is 10.5 Å². The van der Waals surface area contributed by atoms with Crippen molar-refractivity contribution < 1.29 is 4.74 Å². The van der Waals surface area contributed by atoms with Gasteiger partial charge in [-0.25, -0.2) is 0 Å². The molecule has 1 aromatic heterocycles. The van der Waals surface area contributed by atoms with Crippen molar-refractivity contribution in [2.45, 2.75) is 6.61 Å². The van der Waals surface area contributed by atoms with Gasteiger partial charge in [0.1, 0.15) is 12.4 Å². The Morgan fingerprint density at radius 2 is 2.25 bits per heavy atom. The van der Waals surface area contributed by atoms with E-state index in [1.54, 1.807) is 10.7 Å². The first-order valence-electron chi connectivity index (χ1n) is 4.81. The van der Waals surface area contributed by atoms with Crippen LogP contribution in [0.3, 0.4) is 0 Å². The first-order valence-corrected chi connectivity index (χ1v) is 5.60. The summed E-state index contributed by atoms with van der Waals surface area (Å²) in [7, 11) is 1.88. The number of nitrogens with zero attached hydrogens (tertiary/aromatic N) is 2. The minimum atomic E-state index is 0.441. The molecule has 0 spiro atoms. The SMILES string of the molecule is Cn1ccc(COc2cc(N)cc(Br)c2)n1. The number of halogens is 1. The van der Waals surface area contributed by atoms with E-state index in [0.29, 0.717) is 12.3 Å². The Labute approximate surface area is 102 Å². The highest BCUT2D eigenvalue weighted by Gasteiger charge is 2.01. The van der Waals surface area contributed by atoms with E-state index in [1.165, 1.54) is 0 Å². The maximum Gasteiger partial charge on any atom is 0.132 e. The number of nitrogen functional groups attached to an aromatic ring is 1. The molecule has 0 aliphatic heterocycles. The summed E-state index contributed by atoms with van der Waals surface area (Å²) in [5.74, 6) is 0.734. The molecule has 1 aromatic carbocycles. The molecule has 0 unspecified atom stereocenters. The quantitative estimate of drug-likeness (QED) is 0.879. The zero-order chi connectivity index (χ0) is 11.5. The van der Waals surface area contributed by atoms with E-state index in [1.807, 2.05) is 31.4 Å². The van der Waals surface area contributed by atoms with Crippen molar-refractivity contribution in [2.75, 3.05) is 5.73 Å². The molecule has 0 saturated carbocycles. The maximum atomic E-state index is 5.70. The molecule has 1 heterocycles. The number of benzene rings is 1. The summed E-state index contributed by atoms with van der Waals surface area (Å²) in [6.45, 7) is 0.441. The standard InChI is InChI=1S/C11H12BrN3O/c1-15-3-2-10(14-15)7-16-11-5-8(12)4-9(13)6-11/h2-6H,7,13H2,1H3. The molecule has 16 heavy (non-hydrogen) atoms. The second-order valence-corrected chi connectivity index (χ2v) is 4.41. The molecule has 0 aliphatic carbocycles. The Balaban J connectivity index is 2.04. The van der Waals surface area contributed by atoms with Gasteiger partial charge < -0.3 is 10.5 Å². The van der Waals surface area contributed by atoms with Crippen molar-refractivity contribution in [3.8, 4) is 5.75 Å². The molecule has 4 nitrogen and oxygen atoms in total. The number of hydrogen-bond acceptors (Lipinski definition) is 3. The summed E-state index contributed by atoms with van der Waals surface area (Å²) >= 11 is 3.36. The molecule has 2 aromatic rings. The van der Waals surface area contributed by atoms with Crippen molar-refractivity contribution >= 4 is 21.6 Å². The lowest BCUT2D eigenvalue weighted by Crippen LogP contribution is -1.98. The first kappa shape index (κ1) is 11.0. The molecule has 0 bridgehead atoms. The molecular weight excluding hydrogens is 270 g/mol. The van der Waals surface area contributed by atoms with Gasteiger partial charge in [0, 0.05) is 29.5 Å². The van der Waals surface area contributed by atoms with Crippen molar-refractivity contribution in [3.05, 3.63) is 40.6 Å². The highest BCUT2D eigenvalue weighted by atomic mass is 79.9. The van der Waals surface area contributed by atoms with Gasteiger partial charge >= 0.3 is 0 Å². The normalized spacial score (nSPS) is 10.4. The van der Waals surface area contributed by atoms with E-state index in [2.05, 4.69) is 21.0 Å². The predicted octanol–water partition coefficient (Wildman–Crippen LogP) is 2.34. The Bertz CT molecular complexity index is 475. The van der Waals surface area contributed by atoms with Crippen molar-refractivity contribution in [3.63, 3.8) is 0 Å². The zero-order valence-corrected chi connectivity index (χ0v) is 10.4. The molecule has 0 amide bonds. The molecule has 0 atom stereocenters. The number of rotatable bonds is 3. The van der Waals surface area contributed by atoms with Crippen molar-refractivity contribution in [1.29, 1.82) is 0 Å². The molecule has 2 rings (SSSR count). The van der Waals surface area contributed by atoms with Crippen LogP contribution in [0.2, 0.25) is 0 Å². The van der Waals surface area contributed by atoms with Crippen LogP contribution in [0.25, 0.3) is 0 Å². The van der Waals surface area contributed by atoms with Crippen LogP contribution in [0.15, 0.2) is 34.9 Å². The Hall–Kier alpha value is -1.49. The van der Waals surface area contributed by atoms with E-state index in [9.17, 15) is 0 Å².